The highest BCUT2D eigenvalue weighted by molar-refractivity contribution is 5.50. The SMILES string of the molecule is [CH]1C2=C(OCC2)C(C2CCNCC2)=C2CCOC12. The highest BCUT2D eigenvalue weighted by atomic mass is 16.5. The Balaban J connectivity index is 1.74. The number of ether oxygens (including phenoxy) is 2. The summed E-state index contributed by atoms with van der Waals surface area (Å²) in [7, 11) is 0. The maximum absolute atomic E-state index is 5.95. The number of piperidine rings is 1. The fourth-order valence-electron chi connectivity index (χ4n) is 3.74. The van der Waals surface area contributed by atoms with Crippen molar-refractivity contribution >= 4 is 0 Å². The molecule has 2 saturated heterocycles. The van der Waals surface area contributed by atoms with E-state index < -0.39 is 0 Å². The van der Waals surface area contributed by atoms with Gasteiger partial charge in [-0.3, -0.25) is 0 Å². The quantitative estimate of drug-likeness (QED) is 0.767. The summed E-state index contributed by atoms with van der Waals surface area (Å²) in [6.07, 6.45) is 7.21. The van der Waals surface area contributed by atoms with Crippen molar-refractivity contribution in [2.45, 2.75) is 31.8 Å². The molecule has 97 valence electrons. The molecule has 2 fully saturated rings. The van der Waals surface area contributed by atoms with Crippen molar-refractivity contribution in [1.82, 2.24) is 5.32 Å². The average Bonchev–Trinajstić information content (AvgIpc) is 3.04. The van der Waals surface area contributed by atoms with E-state index in [1.165, 1.54) is 35.3 Å². The van der Waals surface area contributed by atoms with Crippen molar-refractivity contribution in [1.29, 1.82) is 0 Å². The van der Waals surface area contributed by atoms with Gasteiger partial charge in [0, 0.05) is 12.8 Å². The Hall–Kier alpha value is -0.800. The fourth-order valence-corrected chi connectivity index (χ4v) is 3.74. The van der Waals surface area contributed by atoms with Gasteiger partial charge in [-0.2, -0.15) is 0 Å². The van der Waals surface area contributed by atoms with Crippen molar-refractivity contribution in [3.05, 3.63) is 28.9 Å². The molecule has 0 amide bonds. The van der Waals surface area contributed by atoms with Crippen molar-refractivity contribution in [2.75, 3.05) is 26.3 Å². The summed E-state index contributed by atoms with van der Waals surface area (Å²) >= 11 is 0. The highest BCUT2D eigenvalue weighted by Crippen LogP contribution is 2.45. The topological polar surface area (TPSA) is 30.5 Å². The molecule has 3 nitrogen and oxygen atoms in total. The molecule has 4 rings (SSSR count). The molecule has 1 aliphatic carbocycles. The zero-order chi connectivity index (χ0) is 11.9. The summed E-state index contributed by atoms with van der Waals surface area (Å²) in [6.45, 7) is 4.01. The van der Waals surface area contributed by atoms with E-state index in [2.05, 4.69) is 11.7 Å². The van der Waals surface area contributed by atoms with Gasteiger partial charge in [0.15, 0.2) is 0 Å². The highest BCUT2D eigenvalue weighted by Gasteiger charge is 2.39. The summed E-state index contributed by atoms with van der Waals surface area (Å²) < 4.78 is 11.8. The molecular formula is C15H20NO2. The lowest BCUT2D eigenvalue weighted by atomic mass is 9.78. The van der Waals surface area contributed by atoms with Crippen LogP contribution >= 0.6 is 0 Å². The van der Waals surface area contributed by atoms with Gasteiger partial charge in [0.25, 0.3) is 0 Å². The minimum atomic E-state index is 0.260. The molecule has 3 heterocycles. The van der Waals surface area contributed by atoms with Gasteiger partial charge >= 0.3 is 0 Å². The van der Waals surface area contributed by atoms with E-state index >= 15 is 0 Å². The monoisotopic (exact) mass is 246 g/mol. The lowest BCUT2D eigenvalue weighted by Crippen LogP contribution is -2.31. The Kier molecular flexibility index (Phi) is 2.70. The predicted molar refractivity (Wildman–Crippen MR) is 68.9 cm³/mol. The standard InChI is InChI=1S/C15H20NO2/c1-5-16-6-2-10(1)14-12-4-8-17-13(12)9-11-3-7-18-15(11)14/h9-10,13,16H,1-8H2. The van der Waals surface area contributed by atoms with E-state index in [0.29, 0.717) is 5.92 Å². The van der Waals surface area contributed by atoms with Gasteiger partial charge in [-0.25, -0.2) is 0 Å². The predicted octanol–water partition coefficient (Wildman–Crippen LogP) is 1.96. The van der Waals surface area contributed by atoms with E-state index in [4.69, 9.17) is 9.47 Å². The van der Waals surface area contributed by atoms with Crippen LogP contribution in [0.5, 0.6) is 0 Å². The van der Waals surface area contributed by atoms with Crippen LogP contribution in [-0.4, -0.2) is 32.4 Å². The van der Waals surface area contributed by atoms with Crippen molar-refractivity contribution in [3.63, 3.8) is 0 Å². The zero-order valence-electron chi connectivity index (χ0n) is 10.7. The van der Waals surface area contributed by atoms with Crippen LogP contribution in [0.15, 0.2) is 22.5 Å². The number of hydrogen-bond acceptors (Lipinski definition) is 3. The van der Waals surface area contributed by atoms with Gasteiger partial charge in [0.2, 0.25) is 0 Å². The third kappa shape index (κ3) is 1.64. The van der Waals surface area contributed by atoms with E-state index in [9.17, 15) is 0 Å². The molecule has 1 unspecified atom stereocenters. The molecule has 0 spiro atoms. The Morgan fingerprint density at radius 3 is 2.89 bits per heavy atom. The first-order valence-electron chi connectivity index (χ1n) is 7.20. The average molecular weight is 246 g/mol. The van der Waals surface area contributed by atoms with E-state index in [1.807, 2.05) is 0 Å². The molecule has 1 radical (unpaired) electrons. The molecule has 1 atom stereocenters. The zero-order valence-corrected chi connectivity index (χ0v) is 10.7. The van der Waals surface area contributed by atoms with Crippen LogP contribution in [0.2, 0.25) is 0 Å². The molecule has 0 aromatic rings. The minimum Gasteiger partial charge on any atom is -0.493 e. The van der Waals surface area contributed by atoms with Gasteiger partial charge in [0.1, 0.15) is 5.76 Å². The summed E-state index contributed by atoms with van der Waals surface area (Å²) in [6, 6.07) is 0. The first kappa shape index (κ1) is 11.1. The second-order valence-electron chi connectivity index (χ2n) is 5.62. The van der Waals surface area contributed by atoms with Gasteiger partial charge < -0.3 is 14.8 Å². The van der Waals surface area contributed by atoms with Crippen LogP contribution in [0.3, 0.4) is 0 Å². The summed E-state index contributed by atoms with van der Waals surface area (Å²) in [4.78, 5) is 0. The molecule has 4 aliphatic rings. The molecule has 3 aliphatic heterocycles. The van der Waals surface area contributed by atoms with Crippen LogP contribution in [0.4, 0.5) is 0 Å². The molecule has 0 aromatic heterocycles. The van der Waals surface area contributed by atoms with Gasteiger partial charge in [-0.05, 0) is 55.0 Å². The molecule has 0 bridgehead atoms. The smallest absolute Gasteiger partial charge is 0.122 e. The molecular weight excluding hydrogens is 226 g/mol. The summed E-state index contributed by atoms with van der Waals surface area (Å²) in [5, 5.41) is 3.45. The largest absolute Gasteiger partial charge is 0.493 e. The maximum atomic E-state index is 5.95. The number of fused-ring (bicyclic) bond motifs is 1. The molecule has 0 aromatic carbocycles. The maximum Gasteiger partial charge on any atom is 0.122 e. The lowest BCUT2D eigenvalue weighted by molar-refractivity contribution is 0.145. The minimum absolute atomic E-state index is 0.260. The molecule has 18 heavy (non-hydrogen) atoms. The Morgan fingerprint density at radius 1 is 1.11 bits per heavy atom. The molecule has 3 heteroatoms. The van der Waals surface area contributed by atoms with Crippen LogP contribution < -0.4 is 5.32 Å². The Labute approximate surface area is 108 Å². The first-order chi connectivity index (χ1) is 8.93. The molecule has 1 N–H and O–H groups in total. The van der Waals surface area contributed by atoms with E-state index in [0.717, 1.165) is 39.1 Å². The van der Waals surface area contributed by atoms with Gasteiger partial charge in [-0.1, -0.05) is 0 Å². The number of allylic oxidation sites excluding steroid dienone is 1. The van der Waals surface area contributed by atoms with Gasteiger partial charge in [-0.15, -0.1) is 0 Å². The molecule has 0 saturated carbocycles. The van der Waals surface area contributed by atoms with Crippen molar-refractivity contribution in [3.8, 4) is 0 Å². The van der Waals surface area contributed by atoms with Crippen molar-refractivity contribution in [2.24, 2.45) is 5.92 Å². The van der Waals surface area contributed by atoms with Crippen LogP contribution in [0.1, 0.15) is 25.7 Å². The normalized spacial score (nSPS) is 32.6. The second-order valence-corrected chi connectivity index (χ2v) is 5.62. The summed E-state index contributed by atoms with van der Waals surface area (Å²) in [5.41, 5.74) is 4.44. The Bertz CT molecular complexity index is 418. The van der Waals surface area contributed by atoms with Crippen LogP contribution in [-0.2, 0) is 9.47 Å². The third-order valence-corrected chi connectivity index (χ3v) is 4.61. The second kappa shape index (κ2) is 4.39. The fraction of sp³-hybridized carbons (Fsp3) is 0.667. The van der Waals surface area contributed by atoms with Gasteiger partial charge in [0.05, 0.1) is 19.3 Å². The van der Waals surface area contributed by atoms with Crippen LogP contribution in [0, 0.1) is 12.3 Å². The van der Waals surface area contributed by atoms with Crippen LogP contribution in [0.25, 0.3) is 0 Å². The van der Waals surface area contributed by atoms with Crippen molar-refractivity contribution < 1.29 is 9.47 Å². The lowest BCUT2D eigenvalue weighted by Gasteiger charge is -2.31. The Morgan fingerprint density at radius 2 is 2.00 bits per heavy atom. The number of nitrogens with one attached hydrogen (secondary N) is 1. The number of rotatable bonds is 1. The first-order valence-corrected chi connectivity index (χ1v) is 7.20. The van der Waals surface area contributed by atoms with E-state index in [-0.39, 0.29) is 6.10 Å². The van der Waals surface area contributed by atoms with E-state index in [1.54, 1.807) is 0 Å². The summed E-state index contributed by atoms with van der Waals surface area (Å²) in [5.74, 6) is 1.90. The third-order valence-electron chi connectivity index (χ3n) is 4.61. The number of hydrogen-bond donors (Lipinski definition) is 1.